The van der Waals surface area contributed by atoms with Crippen LogP contribution in [0, 0.1) is 13.8 Å². The Bertz CT molecular complexity index is 1310. The van der Waals surface area contributed by atoms with Gasteiger partial charge in [0.15, 0.2) is 0 Å². The normalized spacial score (nSPS) is 11.6. The van der Waals surface area contributed by atoms with E-state index < -0.39 is 15.9 Å². The molecule has 0 atom stereocenters. The standard InChI is InChI=1S/C25H25BrCl2N2O3S/c1-4-19-13-20(26)11-17(3)25(19)29-24(31)15-30(14-18-7-10-22(27)23(28)12-18)34(32,33)21-8-5-16(2)6-9-21/h5-13H,4,14-15H2,1-3H3,(H,29,31). The number of halogens is 3. The summed E-state index contributed by atoms with van der Waals surface area (Å²) in [4.78, 5) is 13.2. The van der Waals surface area contributed by atoms with Crippen LogP contribution in [0.1, 0.15) is 29.2 Å². The van der Waals surface area contributed by atoms with Crippen LogP contribution in [0.25, 0.3) is 0 Å². The van der Waals surface area contributed by atoms with E-state index in [1.807, 2.05) is 32.9 Å². The minimum absolute atomic E-state index is 0.0412. The summed E-state index contributed by atoms with van der Waals surface area (Å²) < 4.78 is 29.1. The number of nitrogens with zero attached hydrogens (tertiary/aromatic N) is 1. The molecule has 0 heterocycles. The van der Waals surface area contributed by atoms with Gasteiger partial charge in [0.1, 0.15) is 0 Å². The lowest BCUT2D eigenvalue weighted by Crippen LogP contribution is -2.37. The van der Waals surface area contributed by atoms with Gasteiger partial charge in [0.05, 0.1) is 21.5 Å². The van der Waals surface area contributed by atoms with Crippen molar-refractivity contribution < 1.29 is 13.2 Å². The van der Waals surface area contributed by atoms with Gasteiger partial charge in [-0.1, -0.05) is 69.8 Å². The van der Waals surface area contributed by atoms with Crippen LogP contribution in [0.5, 0.6) is 0 Å². The van der Waals surface area contributed by atoms with E-state index in [-0.39, 0.29) is 18.0 Å². The number of hydrogen-bond donors (Lipinski definition) is 1. The van der Waals surface area contributed by atoms with Gasteiger partial charge in [-0.05, 0) is 73.4 Å². The third-order valence-corrected chi connectivity index (χ3v) is 8.35. The number of amides is 1. The van der Waals surface area contributed by atoms with Crippen LogP contribution in [0.3, 0.4) is 0 Å². The van der Waals surface area contributed by atoms with E-state index in [2.05, 4.69) is 21.2 Å². The zero-order valence-electron chi connectivity index (χ0n) is 19.0. The van der Waals surface area contributed by atoms with Crippen LogP contribution in [0.15, 0.2) is 64.0 Å². The van der Waals surface area contributed by atoms with Gasteiger partial charge in [-0.3, -0.25) is 4.79 Å². The molecule has 3 aromatic rings. The molecule has 1 amide bonds. The summed E-state index contributed by atoms with van der Waals surface area (Å²) in [6, 6.07) is 15.3. The largest absolute Gasteiger partial charge is 0.324 e. The second kappa shape index (κ2) is 11.2. The van der Waals surface area contributed by atoms with Gasteiger partial charge in [-0.25, -0.2) is 8.42 Å². The molecular formula is C25H25BrCl2N2O3S. The first-order chi connectivity index (χ1) is 16.0. The van der Waals surface area contributed by atoms with E-state index in [0.29, 0.717) is 27.7 Å². The van der Waals surface area contributed by atoms with Crippen molar-refractivity contribution in [3.05, 3.63) is 91.4 Å². The Kier molecular flexibility index (Phi) is 8.82. The molecule has 0 unspecified atom stereocenters. The number of rotatable bonds is 8. The molecular weight excluding hydrogens is 559 g/mol. The van der Waals surface area contributed by atoms with Crippen LogP contribution >= 0.6 is 39.1 Å². The Labute approximate surface area is 219 Å². The van der Waals surface area contributed by atoms with E-state index in [0.717, 1.165) is 25.5 Å². The zero-order chi connectivity index (χ0) is 25.0. The minimum atomic E-state index is -3.97. The number of anilines is 1. The molecule has 0 aliphatic rings. The summed E-state index contributed by atoms with van der Waals surface area (Å²) in [5.74, 6) is -0.434. The molecule has 180 valence electrons. The van der Waals surface area contributed by atoms with Crippen molar-refractivity contribution in [3.63, 3.8) is 0 Å². The average molecular weight is 584 g/mol. The number of benzene rings is 3. The predicted octanol–water partition coefficient (Wildman–Crippen LogP) is 6.76. The molecule has 5 nitrogen and oxygen atoms in total. The lowest BCUT2D eigenvalue weighted by Gasteiger charge is -2.23. The summed E-state index contributed by atoms with van der Waals surface area (Å²) in [7, 11) is -3.97. The highest BCUT2D eigenvalue weighted by molar-refractivity contribution is 9.10. The fourth-order valence-corrected chi connectivity index (χ4v) is 5.86. The van der Waals surface area contributed by atoms with Crippen LogP contribution in [-0.4, -0.2) is 25.2 Å². The molecule has 0 aliphatic carbocycles. The molecule has 34 heavy (non-hydrogen) atoms. The van der Waals surface area contributed by atoms with E-state index in [1.54, 1.807) is 42.5 Å². The van der Waals surface area contributed by atoms with Crippen molar-refractivity contribution in [1.82, 2.24) is 4.31 Å². The molecule has 0 aliphatic heterocycles. The highest BCUT2D eigenvalue weighted by atomic mass is 79.9. The van der Waals surface area contributed by atoms with Crippen molar-refractivity contribution in [1.29, 1.82) is 0 Å². The summed E-state index contributed by atoms with van der Waals surface area (Å²) >= 11 is 15.6. The molecule has 3 rings (SSSR count). The summed E-state index contributed by atoms with van der Waals surface area (Å²) in [5.41, 5.74) is 4.09. The molecule has 0 spiro atoms. The fourth-order valence-electron chi connectivity index (χ4n) is 3.54. The monoisotopic (exact) mass is 582 g/mol. The Morgan fingerprint density at radius 2 is 1.68 bits per heavy atom. The summed E-state index contributed by atoms with van der Waals surface area (Å²) in [6.45, 7) is 5.37. The molecule has 0 aromatic heterocycles. The molecule has 0 radical (unpaired) electrons. The van der Waals surface area contributed by atoms with Gasteiger partial charge >= 0.3 is 0 Å². The third kappa shape index (κ3) is 6.40. The SMILES string of the molecule is CCc1cc(Br)cc(C)c1NC(=O)CN(Cc1ccc(Cl)c(Cl)c1)S(=O)(=O)c1ccc(C)cc1. The molecule has 1 N–H and O–H groups in total. The lowest BCUT2D eigenvalue weighted by molar-refractivity contribution is -0.116. The predicted molar refractivity (Wildman–Crippen MR) is 142 cm³/mol. The van der Waals surface area contributed by atoms with Gasteiger partial charge in [0, 0.05) is 16.7 Å². The van der Waals surface area contributed by atoms with Gasteiger partial charge < -0.3 is 5.32 Å². The maximum absolute atomic E-state index is 13.5. The maximum Gasteiger partial charge on any atom is 0.243 e. The second-order valence-electron chi connectivity index (χ2n) is 7.99. The van der Waals surface area contributed by atoms with Crippen LogP contribution in [0.2, 0.25) is 10.0 Å². The minimum Gasteiger partial charge on any atom is -0.324 e. The van der Waals surface area contributed by atoms with Gasteiger partial charge in [0.25, 0.3) is 0 Å². The van der Waals surface area contributed by atoms with Crippen LogP contribution < -0.4 is 5.32 Å². The number of nitrogens with one attached hydrogen (secondary N) is 1. The zero-order valence-corrected chi connectivity index (χ0v) is 22.9. The van der Waals surface area contributed by atoms with E-state index >= 15 is 0 Å². The van der Waals surface area contributed by atoms with Crippen molar-refractivity contribution in [2.45, 2.75) is 38.6 Å². The van der Waals surface area contributed by atoms with Gasteiger partial charge in [-0.15, -0.1) is 0 Å². The highest BCUT2D eigenvalue weighted by Crippen LogP contribution is 2.28. The Morgan fingerprint density at radius 3 is 2.29 bits per heavy atom. The Balaban J connectivity index is 1.94. The number of carbonyl (C=O) groups is 1. The summed E-state index contributed by atoms with van der Waals surface area (Å²) in [6.07, 6.45) is 0.713. The molecule has 0 saturated heterocycles. The van der Waals surface area contributed by atoms with Crippen molar-refractivity contribution >= 4 is 60.7 Å². The topological polar surface area (TPSA) is 66.5 Å². The first kappa shape index (κ1) is 26.7. The van der Waals surface area contributed by atoms with E-state index in [4.69, 9.17) is 23.2 Å². The fraction of sp³-hybridized carbons (Fsp3) is 0.240. The molecule has 0 saturated carbocycles. The summed E-state index contributed by atoms with van der Waals surface area (Å²) in [5, 5.41) is 3.60. The second-order valence-corrected chi connectivity index (χ2v) is 11.7. The Morgan fingerprint density at radius 1 is 1.00 bits per heavy atom. The Hall–Kier alpha value is -1.90. The van der Waals surface area contributed by atoms with Crippen LogP contribution in [-0.2, 0) is 27.8 Å². The molecule has 0 fully saturated rings. The highest BCUT2D eigenvalue weighted by Gasteiger charge is 2.27. The molecule has 0 bridgehead atoms. The van der Waals surface area contributed by atoms with E-state index in [1.165, 1.54) is 0 Å². The molecule has 9 heteroatoms. The maximum atomic E-state index is 13.5. The van der Waals surface area contributed by atoms with Crippen LogP contribution in [0.4, 0.5) is 5.69 Å². The molecule has 3 aromatic carbocycles. The quantitative estimate of drug-likeness (QED) is 0.318. The van der Waals surface area contributed by atoms with Gasteiger partial charge in [-0.2, -0.15) is 4.31 Å². The average Bonchev–Trinajstić information content (AvgIpc) is 2.77. The number of sulfonamides is 1. The van der Waals surface area contributed by atoms with Crippen molar-refractivity contribution in [2.75, 3.05) is 11.9 Å². The van der Waals surface area contributed by atoms with Crippen molar-refractivity contribution in [2.24, 2.45) is 0 Å². The number of carbonyl (C=O) groups excluding carboxylic acids is 1. The van der Waals surface area contributed by atoms with E-state index in [9.17, 15) is 13.2 Å². The van der Waals surface area contributed by atoms with Gasteiger partial charge in [0.2, 0.25) is 15.9 Å². The number of hydrogen-bond acceptors (Lipinski definition) is 3. The number of aryl methyl sites for hydroxylation is 3. The lowest BCUT2D eigenvalue weighted by atomic mass is 10.1. The van der Waals surface area contributed by atoms with Crippen molar-refractivity contribution in [3.8, 4) is 0 Å². The first-order valence-corrected chi connectivity index (χ1v) is 13.6. The smallest absolute Gasteiger partial charge is 0.243 e. The first-order valence-electron chi connectivity index (χ1n) is 10.6. The third-order valence-electron chi connectivity index (χ3n) is 5.35.